The van der Waals surface area contributed by atoms with Crippen molar-refractivity contribution >= 4 is 17.2 Å². The van der Waals surface area contributed by atoms with Crippen molar-refractivity contribution in [1.29, 1.82) is 0 Å². The molecule has 7 heteroatoms. The van der Waals surface area contributed by atoms with E-state index >= 15 is 0 Å². The first-order valence-corrected chi connectivity index (χ1v) is 8.79. The molecule has 6 nitrogen and oxygen atoms in total. The summed E-state index contributed by atoms with van der Waals surface area (Å²) in [5, 5.41) is 10.9. The van der Waals surface area contributed by atoms with Crippen LogP contribution in [-0.2, 0) is 6.54 Å². The summed E-state index contributed by atoms with van der Waals surface area (Å²) in [4.78, 5) is 19.1. The van der Waals surface area contributed by atoms with Gasteiger partial charge < -0.3 is 4.90 Å². The molecular formula is C17H17N5OS. The minimum absolute atomic E-state index is 0.0921. The van der Waals surface area contributed by atoms with Gasteiger partial charge in [-0.3, -0.25) is 4.79 Å². The number of hydrogen-bond donors (Lipinski definition) is 0. The molecule has 1 amide bonds. The van der Waals surface area contributed by atoms with E-state index in [0.29, 0.717) is 12.5 Å². The fourth-order valence-corrected chi connectivity index (χ4v) is 3.84. The fraction of sp³-hybridized carbons (Fsp3) is 0.294. The number of aromatic nitrogens is 4. The molecule has 1 atom stereocenters. The summed E-state index contributed by atoms with van der Waals surface area (Å²) >= 11 is 1.67. The van der Waals surface area contributed by atoms with Crippen LogP contribution in [0.2, 0.25) is 0 Å². The van der Waals surface area contributed by atoms with Crippen LogP contribution in [0.5, 0.6) is 0 Å². The van der Waals surface area contributed by atoms with Crippen LogP contribution < -0.4 is 0 Å². The molecule has 0 radical (unpaired) electrons. The molecular weight excluding hydrogens is 322 g/mol. The van der Waals surface area contributed by atoms with Gasteiger partial charge in [0.25, 0.3) is 5.91 Å². The summed E-state index contributed by atoms with van der Waals surface area (Å²) in [5.41, 5.74) is 1.77. The van der Waals surface area contributed by atoms with Crippen LogP contribution in [0.25, 0.3) is 0 Å². The maximum Gasteiger partial charge on any atom is 0.253 e. The third kappa shape index (κ3) is 3.07. The van der Waals surface area contributed by atoms with E-state index in [1.807, 2.05) is 46.9 Å². The predicted molar refractivity (Wildman–Crippen MR) is 90.9 cm³/mol. The Bertz CT molecular complexity index is 815. The van der Waals surface area contributed by atoms with Crippen molar-refractivity contribution in [2.24, 2.45) is 0 Å². The monoisotopic (exact) mass is 339 g/mol. The first-order valence-electron chi connectivity index (χ1n) is 7.91. The van der Waals surface area contributed by atoms with E-state index in [1.165, 1.54) is 0 Å². The van der Waals surface area contributed by atoms with Crippen LogP contribution in [0.4, 0.5) is 0 Å². The van der Waals surface area contributed by atoms with Crippen molar-refractivity contribution in [1.82, 2.24) is 24.9 Å². The molecule has 1 aromatic carbocycles. The van der Waals surface area contributed by atoms with Crippen LogP contribution in [0.3, 0.4) is 0 Å². The highest BCUT2D eigenvalue weighted by Gasteiger charge is 2.29. The summed E-state index contributed by atoms with van der Waals surface area (Å²) in [6.45, 7) is 2.15. The second-order valence-corrected chi connectivity index (χ2v) is 6.83. The van der Waals surface area contributed by atoms with Crippen molar-refractivity contribution in [3.8, 4) is 0 Å². The molecule has 1 aliphatic rings. The van der Waals surface area contributed by atoms with Gasteiger partial charge in [0.1, 0.15) is 0 Å². The molecule has 1 aliphatic heterocycles. The number of hydrogen-bond acceptors (Lipinski definition) is 5. The van der Waals surface area contributed by atoms with Crippen LogP contribution in [0, 0.1) is 0 Å². The van der Waals surface area contributed by atoms with Gasteiger partial charge in [0.2, 0.25) is 0 Å². The van der Waals surface area contributed by atoms with E-state index < -0.39 is 0 Å². The average molecular weight is 339 g/mol. The number of nitrogens with zero attached hydrogens (tertiary/aromatic N) is 5. The standard InChI is InChI=1S/C17H17N5OS/c23-17(21-7-4-15(12-21)16-18-6-9-24-16)14-3-1-2-13(10-14)11-22-8-5-19-20-22/h1-3,5-6,8-10,15H,4,7,11-12H2. The number of carbonyl (C=O) groups excluding carboxylic acids is 1. The Morgan fingerprint density at radius 2 is 2.29 bits per heavy atom. The second kappa shape index (κ2) is 6.52. The first-order chi connectivity index (χ1) is 11.8. The molecule has 4 rings (SSSR count). The van der Waals surface area contributed by atoms with Gasteiger partial charge in [0.05, 0.1) is 17.7 Å². The maximum absolute atomic E-state index is 12.8. The van der Waals surface area contributed by atoms with E-state index in [1.54, 1.807) is 22.2 Å². The first kappa shape index (κ1) is 15.0. The van der Waals surface area contributed by atoms with Crippen molar-refractivity contribution < 1.29 is 4.79 Å². The summed E-state index contributed by atoms with van der Waals surface area (Å²) in [6.07, 6.45) is 6.28. The lowest BCUT2D eigenvalue weighted by atomic mass is 10.1. The number of thiazole rings is 1. The predicted octanol–water partition coefficient (Wildman–Crippen LogP) is 2.41. The summed E-state index contributed by atoms with van der Waals surface area (Å²) in [7, 11) is 0. The largest absolute Gasteiger partial charge is 0.338 e. The van der Waals surface area contributed by atoms with E-state index in [2.05, 4.69) is 15.3 Å². The lowest BCUT2D eigenvalue weighted by Crippen LogP contribution is -2.28. The molecule has 1 unspecified atom stereocenters. The van der Waals surface area contributed by atoms with Crippen LogP contribution >= 0.6 is 11.3 Å². The molecule has 1 fully saturated rings. The highest BCUT2D eigenvalue weighted by Crippen LogP contribution is 2.29. The minimum atomic E-state index is 0.0921. The zero-order chi connectivity index (χ0) is 16.4. The number of benzene rings is 1. The number of rotatable bonds is 4. The van der Waals surface area contributed by atoms with E-state index in [9.17, 15) is 4.79 Å². The Morgan fingerprint density at radius 3 is 3.08 bits per heavy atom. The van der Waals surface area contributed by atoms with Crippen molar-refractivity contribution in [2.75, 3.05) is 13.1 Å². The van der Waals surface area contributed by atoms with E-state index in [-0.39, 0.29) is 5.91 Å². The molecule has 3 aromatic rings. The Morgan fingerprint density at radius 1 is 1.33 bits per heavy atom. The minimum Gasteiger partial charge on any atom is -0.338 e. The second-order valence-electron chi connectivity index (χ2n) is 5.91. The molecule has 0 spiro atoms. The zero-order valence-corrected chi connectivity index (χ0v) is 13.9. The smallest absolute Gasteiger partial charge is 0.253 e. The Hall–Kier alpha value is -2.54. The van der Waals surface area contributed by atoms with E-state index in [4.69, 9.17) is 0 Å². The zero-order valence-electron chi connectivity index (χ0n) is 13.1. The quantitative estimate of drug-likeness (QED) is 0.732. The fourth-order valence-electron chi connectivity index (χ4n) is 3.07. The number of amides is 1. The van der Waals surface area contributed by atoms with Gasteiger partial charge in [0.15, 0.2) is 0 Å². The van der Waals surface area contributed by atoms with Gasteiger partial charge in [-0.25, -0.2) is 9.67 Å². The molecule has 0 N–H and O–H groups in total. The molecule has 1 saturated heterocycles. The van der Waals surface area contributed by atoms with Crippen LogP contribution in [0.15, 0.2) is 48.2 Å². The van der Waals surface area contributed by atoms with Crippen molar-refractivity contribution in [3.63, 3.8) is 0 Å². The average Bonchev–Trinajstić information content (AvgIpc) is 3.35. The SMILES string of the molecule is O=C(c1cccc(Cn2ccnn2)c1)N1CCC(c2nccs2)C1. The molecule has 0 bridgehead atoms. The van der Waals surface area contributed by atoms with Crippen LogP contribution in [-0.4, -0.2) is 43.9 Å². The van der Waals surface area contributed by atoms with Gasteiger partial charge in [-0.15, -0.1) is 16.4 Å². The maximum atomic E-state index is 12.8. The van der Waals surface area contributed by atoms with Gasteiger partial charge in [-0.05, 0) is 24.1 Å². The molecule has 0 aliphatic carbocycles. The highest BCUT2D eigenvalue weighted by atomic mass is 32.1. The molecule has 2 aromatic heterocycles. The Balaban J connectivity index is 1.46. The van der Waals surface area contributed by atoms with Crippen LogP contribution in [0.1, 0.15) is 33.3 Å². The van der Waals surface area contributed by atoms with Crippen molar-refractivity contribution in [2.45, 2.75) is 18.9 Å². The topological polar surface area (TPSA) is 63.9 Å². The van der Waals surface area contributed by atoms with Crippen molar-refractivity contribution in [3.05, 3.63) is 64.4 Å². The normalized spacial score (nSPS) is 17.3. The van der Waals surface area contributed by atoms with Gasteiger partial charge in [-0.1, -0.05) is 17.3 Å². The Labute approximate surface area is 143 Å². The summed E-state index contributed by atoms with van der Waals surface area (Å²) in [6, 6.07) is 7.75. The van der Waals surface area contributed by atoms with Gasteiger partial charge in [0, 0.05) is 42.3 Å². The third-order valence-corrected chi connectivity index (χ3v) is 5.20. The lowest BCUT2D eigenvalue weighted by molar-refractivity contribution is 0.0790. The number of carbonyl (C=O) groups is 1. The highest BCUT2D eigenvalue weighted by molar-refractivity contribution is 7.09. The Kier molecular flexibility index (Phi) is 4.08. The number of likely N-dealkylation sites (tertiary alicyclic amines) is 1. The van der Waals surface area contributed by atoms with Gasteiger partial charge >= 0.3 is 0 Å². The lowest BCUT2D eigenvalue weighted by Gasteiger charge is -2.16. The van der Waals surface area contributed by atoms with E-state index in [0.717, 1.165) is 35.6 Å². The molecule has 24 heavy (non-hydrogen) atoms. The summed E-state index contributed by atoms with van der Waals surface area (Å²) in [5.74, 6) is 0.460. The third-order valence-electron chi connectivity index (χ3n) is 4.27. The molecule has 3 heterocycles. The molecule has 122 valence electrons. The molecule has 0 saturated carbocycles. The summed E-state index contributed by atoms with van der Waals surface area (Å²) < 4.78 is 1.75. The van der Waals surface area contributed by atoms with Gasteiger partial charge in [-0.2, -0.15) is 0 Å².